The van der Waals surface area contributed by atoms with Gasteiger partial charge in [0.25, 0.3) is 0 Å². The molecule has 0 spiro atoms. The fourth-order valence-electron chi connectivity index (χ4n) is 4.18. The van der Waals surface area contributed by atoms with Crippen LogP contribution in [-0.4, -0.2) is 5.97 Å². The monoisotopic (exact) mass is 478 g/mol. The van der Waals surface area contributed by atoms with Gasteiger partial charge in [-0.05, 0) is 71.3 Å². The number of hydrogen-bond acceptors (Lipinski definition) is 2. The van der Waals surface area contributed by atoms with Crippen LogP contribution in [0, 0.1) is 5.82 Å². The van der Waals surface area contributed by atoms with E-state index < -0.39 is 5.97 Å². The molecule has 4 aromatic carbocycles. The van der Waals surface area contributed by atoms with E-state index in [2.05, 4.69) is 26.0 Å². The Morgan fingerprint density at radius 3 is 2.22 bits per heavy atom. The summed E-state index contributed by atoms with van der Waals surface area (Å²) in [6, 6.07) is 30.4. The lowest BCUT2D eigenvalue weighted by atomic mass is 9.93. The Morgan fingerprint density at radius 2 is 1.56 bits per heavy atom. The molecule has 1 atom stereocenters. The number of carbonyl (C=O) groups is 1. The van der Waals surface area contributed by atoms with E-state index in [1.165, 1.54) is 11.1 Å². The zero-order valence-electron chi connectivity index (χ0n) is 20.8. The SMILES string of the molecule is CCCc1ccc(OC(=O)c2ccc(C=Cc3ccc(C[C@@H](C)c4ccccc4)cc3F)cc2)cc1. The zero-order valence-corrected chi connectivity index (χ0v) is 20.8. The third kappa shape index (κ3) is 6.79. The maximum absolute atomic E-state index is 14.7. The molecule has 0 aliphatic rings. The predicted octanol–water partition coefficient (Wildman–Crippen LogP) is 8.51. The average molecular weight is 479 g/mol. The van der Waals surface area contributed by atoms with Gasteiger partial charge in [-0.3, -0.25) is 0 Å². The Balaban J connectivity index is 1.35. The minimum absolute atomic E-state index is 0.242. The minimum atomic E-state index is -0.403. The van der Waals surface area contributed by atoms with Crippen LogP contribution in [0.2, 0.25) is 0 Å². The molecule has 0 unspecified atom stereocenters. The molecule has 0 saturated heterocycles. The van der Waals surface area contributed by atoms with Crippen molar-refractivity contribution in [2.24, 2.45) is 0 Å². The van der Waals surface area contributed by atoms with Crippen LogP contribution in [0.15, 0.2) is 97.1 Å². The predicted molar refractivity (Wildman–Crippen MR) is 146 cm³/mol. The second kappa shape index (κ2) is 12.1. The van der Waals surface area contributed by atoms with Gasteiger partial charge in [-0.1, -0.05) is 99.2 Å². The lowest BCUT2D eigenvalue weighted by Crippen LogP contribution is -2.08. The molecule has 182 valence electrons. The first-order valence-electron chi connectivity index (χ1n) is 12.4. The highest BCUT2D eigenvalue weighted by atomic mass is 19.1. The van der Waals surface area contributed by atoms with E-state index in [-0.39, 0.29) is 5.82 Å². The van der Waals surface area contributed by atoms with Crippen molar-refractivity contribution in [2.75, 3.05) is 0 Å². The van der Waals surface area contributed by atoms with Crippen molar-refractivity contribution in [1.29, 1.82) is 0 Å². The summed E-state index contributed by atoms with van der Waals surface area (Å²) in [4.78, 5) is 12.5. The molecule has 0 fully saturated rings. The van der Waals surface area contributed by atoms with Crippen molar-refractivity contribution >= 4 is 18.1 Å². The minimum Gasteiger partial charge on any atom is -0.423 e. The Bertz CT molecular complexity index is 1310. The number of benzene rings is 4. The molecular weight excluding hydrogens is 447 g/mol. The highest BCUT2D eigenvalue weighted by Gasteiger charge is 2.10. The van der Waals surface area contributed by atoms with Gasteiger partial charge in [-0.25, -0.2) is 9.18 Å². The Labute approximate surface area is 213 Å². The molecule has 2 nitrogen and oxygen atoms in total. The Hall–Kier alpha value is -3.98. The van der Waals surface area contributed by atoms with Crippen LogP contribution in [0.25, 0.3) is 12.2 Å². The van der Waals surface area contributed by atoms with E-state index in [1.807, 2.05) is 72.8 Å². The summed E-state index contributed by atoms with van der Waals surface area (Å²) >= 11 is 0. The van der Waals surface area contributed by atoms with Gasteiger partial charge in [0.2, 0.25) is 0 Å². The summed E-state index contributed by atoms with van der Waals surface area (Å²) < 4.78 is 20.2. The average Bonchev–Trinajstić information content (AvgIpc) is 2.90. The van der Waals surface area contributed by atoms with Crippen LogP contribution in [-0.2, 0) is 12.8 Å². The topological polar surface area (TPSA) is 26.3 Å². The van der Waals surface area contributed by atoms with E-state index in [0.29, 0.717) is 22.8 Å². The van der Waals surface area contributed by atoms with Crippen molar-refractivity contribution in [3.8, 4) is 5.75 Å². The second-order valence-corrected chi connectivity index (χ2v) is 9.11. The first kappa shape index (κ1) is 25.1. The lowest BCUT2D eigenvalue weighted by Gasteiger charge is -2.12. The van der Waals surface area contributed by atoms with Gasteiger partial charge < -0.3 is 4.74 Å². The van der Waals surface area contributed by atoms with Crippen LogP contribution < -0.4 is 4.74 Å². The quantitative estimate of drug-likeness (QED) is 0.137. The van der Waals surface area contributed by atoms with Gasteiger partial charge in [0.15, 0.2) is 0 Å². The van der Waals surface area contributed by atoms with Gasteiger partial charge in [0.1, 0.15) is 11.6 Å². The Kier molecular flexibility index (Phi) is 8.46. The van der Waals surface area contributed by atoms with Gasteiger partial charge in [0.05, 0.1) is 5.56 Å². The van der Waals surface area contributed by atoms with Gasteiger partial charge in [0, 0.05) is 5.56 Å². The summed E-state index contributed by atoms with van der Waals surface area (Å²) in [6.07, 6.45) is 6.46. The number of carbonyl (C=O) groups excluding carboxylic acids is 1. The summed E-state index contributed by atoms with van der Waals surface area (Å²) in [5, 5.41) is 0. The van der Waals surface area contributed by atoms with Crippen LogP contribution in [0.1, 0.15) is 64.4 Å². The molecule has 0 aromatic heterocycles. The molecule has 4 aromatic rings. The van der Waals surface area contributed by atoms with Crippen LogP contribution in [0.3, 0.4) is 0 Å². The van der Waals surface area contributed by atoms with Crippen LogP contribution >= 0.6 is 0 Å². The standard InChI is InChI=1S/C33H31FO2/c1-3-7-25-14-20-31(21-15-25)36-33(35)30-18-11-26(12-19-30)10-16-29-17-13-27(23-32(29)34)22-24(2)28-8-5-4-6-9-28/h4-6,8-21,23-24H,3,7,22H2,1-2H3/t24-/m1/s1. The summed E-state index contributed by atoms with van der Waals surface area (Å²) in [6.45, 7) is 4.29. The van der Waals surface area contributed by atoms with Crippen molar-refractivity contribution < 1.29 is 13.9 Å². The smallest absolute Gasteiger partial charge is 0.343 e. The third-order valence-electron chi connectivity index (χ3n) is 6.25. The molecule has 0 heterocycles. The zero-order chi connectivity index (χ0) is 25.3. The lowest BCUT2D eigenvalue weighted by molar-refractivity contribution is 0.0734. The largest absolute Gasteiger partial charge is 0.423 e. The normalized spacial score (nSPS) is 12.0. The molecular formula is C33H31FO2. The molecule has 0 radical (unpaired) electrons. The highest BCUT2D eigenvalue weighted by molar-refractivity contribution is 5.91. The summed E-state index contributed by atoms with van der Waals surface area (Å²) in [7, 11) is 0. The molecule has 4 rings (SSSR count). The number of hydrogen-bond donors (Lipinski definition) is 0. The van der Waals surface area contributed by atoms with Crippen LogP contribution in [0.5, 0.6) is 5.75 Å². The van der Waals surface area contributed by atoms with Gasteiger partial charge in [-0.2, -0.15) is 0 Å². The second-order valence-electron chi connectivity index (χ2n) is 9.11. The highest BCUT2D eigenvalue weighted by Crippen LogP contribution is 2.22. The molecule has 0 N–H and O–H groups in total. The van der Waals surface area contributed by atoms with E-state index in [9.17, 15) is 9.18 Å². The summed E-state index contributed by atoms with van der Waals surface area (Å²) in [5.41, 5.74) is 5.31. The number of rotatable bonds is 9. The first-order chi connectivity index (χ1) is 17.5. The molecule has 36 heavy (non-hydrogen) atoms. The van der Waals surface area contributed by atoms with Gasteiger partial charge in [-0.15, -0.1) is 0 Å². The maximum atomic E-state index is 14.7. The molecule has 0 amide bonds. The summed E-state index contributed by atoms with van der Waals surface area (Å²) in [5.74, 6) is 0.202. The van der Waals surface area contributed by atoms with Crippen molar-refractivity contribution in [3.05, 3.63) is 136 Å². The molecule has 0 aliphatic carbocycles. The van der Waals surface area contributed by atoms with Crippen molar-refractivity contribution in [3.63, 3.8) is 0 Å². The number of halogens is 1. The number of ether oxygens (including phenoxy) is 1. The number of esters is 1. The van der Waals surface area contributed by atoms with Crippen molar-refractivity contribution in [2.45, 2.75) is 39.0 Å². The maximum Gasteiger partial charge on any atom is 0.343 e. The van der Waals surface area contributed by atoms with E-state index >= 15 is 0 Å². The van der Waals surface area contributed by atoms with E-state index in [1.54, 1.807) is 24.3 Å². The van der Waals surface area contributed by atoms with Crippen LogP contribution in [0.4, 0.5) is 4.39 Å². The fourth-order valence-corrected chi connectivity index (χ4v) is 4.18. The first-order valence-corrected chi connectivity index (χ1v) is 12.4. The van der Waals surface area contributed by atoms with Gasteiger partial charge >= 0.3 is 5.97 Å². The fraction of sp³-hybridized carbons (Fsp3) is 0.182. The van der Waals surface area contributed by atoms with Crippen molar-refractivity contribution in [1.82, 2.24) is 0 Å². The molecule has 3 heteroatoms. The van der Waals surface area contributed by atoms with E-state index in [4.69, 9.17) is 4.74 Å². The third-order valence-corrected chi connectivity index (χ3v) is 6.25. The molecule has 0 saturated carbocycles. The Morgan fingerprint density at radius 1 is 0.861 bits per heavy atom. The molecule has 0 aliphatic heterocycles. The number of aryl methyl sites for hydroxylation is 1. The molecule has 0 bridgehead atoms. The van der Waals surface area contributed by atoms with E-state index in [0.717, 1.165) is 30.4 Å².